The Morgan fingerprint density at radius 2 is 2.11 bits per heavy atom. The van der Waals surface area contributed by atoms with Gasteiger partial charge in [0.15, 0.2) is 0 Å². The Bertz CT molecular complexity index is 68.1. The van der Waals surface area contributed by atoms with Gasteiger partial charge in [-0.1, -0.05) is 35.9 Å². The Labute approximate surface area is 69.4 Å². The average Bonchev–Trinajstić information content (AvgIpc) is 1.87. The summed E-state index contributed by atoms with van der Waals surface area (Å²) in [5.41, 5.74) is 0. The van der Waals surface area contributed by atoms with Crippen molar-refractivity contribution in [1.29, 1.82) is 0 Å². The van der Waals surface area contributed by atoms with Gasteiger partial charge in [0.25, 0.3) is 0 Å². The van der Waals surface area contributed by atoms with Gasteiger partial charge in [-0.3, -0.25) is 0 Å². The summed E-state index contributed by atoms with van der Waals surface area (Å²) in [7, 11) is 0. The van der Waals surface area contributed by atoms with Crippen LogP contribution in [0.15, 0.2) is 0 Å². The third-order valence-electron chi connectivity index (χ3n) is 1.18. The van der Waals surface area contributed by atoms with Crippen LogP contribution < -0.4 is 0 Å². The smallest absolute Gasteiger partial charge is 0.0679 e. The zero-order chi connectivity index (χ0) is 7.28. The molecule has 0 aliphatic carbocycles. The van der Waals surface area contributed by atoms with Crippen molar-refractivity contribution in [3.63, 3.8) is 0 Å². The molecule has 0 fully saturated rings. The standard InChI is InChI=1S/C6H13IO2/c1-2-3-6(9)5(7)4-8/h5-6,8-9H,2-4H2,1H3. The van der Waals surface area contributed by atoms with E-state index < -0.39 is 0 Å². The molecule has 0 radical (unpaired) electrons. The van der Waals surface area contributed by atoms with Gasteiger partial charge in [0.1, 0.15) is 0 Å². The first kappa shape index (κ1) is 9.65. The van der Waals surface area contributed by atoms with Crippen LogP contribution in [-0.4, -0.2) is 26.8 Å². The summed E-state index contributed by atoms with van der Waals surface area (Å²) in [6.45, 7) is 2.09. The van der Waals surface area contributed by atoms with Crippen molar-refractivity contribution in [1.82, 2.24) is 0 Å². The molecule has 0 aromatic heterocycles. The summed E-state index contributed by atoms with van der Waals surface area (Å²) in [5.74, 6) is 0. The number of hydrogen-bond acceptors (Lipinski definition) is 2. The predicted molar refractivity (Wildman–Crippen MR) is 45.8 cm³/mol. The zero-order valence-corrected chi connectivity index (χ0v) is 7.71. The number of alkyl halides is 1. The van der Waals surface area contributed by atoms with E-state index in [9.17, 15) is 0 Å². The molecule has 0 rings (SSSR count). The van der Waals surface area contributed by atoms with Gasteiger partial charge in [-0.15, -0.1) is 0 Å². The van der Waals surface area contributed by atoms with Gasteiger partial charge in [-0.05, 0) is 6.42 Å². The summed E-state index contributed by atoms with van der Waals surface area (Å²) < 4.78 is 0.00236. The molecule has 0 saturated heterocycles. The molecule has 2 unspecified atom stereocenters. The fourth-order valence-corrected chi connectivity index (χ4v) is 0.958. The largest absolute Gasteiger partial charge is 0.395 e. The molecule has 9 heavy (non-hydrogen) atoms. The van der Waals surface area contributed by atoms with Crippen LogP contribution in [0.3, 0.4) is 0 Å². The molecule has 2 nitrogen and oxygen atoms in total. The van der Waals surface area contributed by atoms with E-state index in [1.807, 2.05) is 6.92 Å². The summed E-state index contributed by atoms with van der Waals surface area (Å²) in [6, 6.07) is 0. The summed E-state index contributed by atoms with van der Waals surface area (Å²) in [6.07, 6.45) is 1.43. The van der Waals surface area contributed by atoms with Crippen molar-refractivity contribution < 1.29 is 10.2 Å². The summed E-state index contributed by atoms with van der Waals surface area (Å²) in [4.78, 5) is 0. The second-order valence-corrected chi connectivity index (χ2v) is 3.65. The van der Waals surface area contributed by atoms with Gasteiger partial charge in [-0.2, -0.15) is 0 Å². The molecular formula is C6H13IO2. The fourth-order valence-electron chi connectivity index (χ4n) is 0.598. The molecule has 2 atom stereocenters. The fraction of sp³-hybridized carbons (Fsp3) is 1.00. The molecule has 0 heterocycles. The van der Waals surface area contributed by atoms with Crippen LogP contribution in [0.5, 0.6) is 0 Å². The van der Waals surface area contributed by atoms with Crippen LogP contribution in [-0.2, 0) is 0 Å². The minimum absolute atomic E-state index is 0.00236. The molecule has 0 saturated carbocycles. The quantitative estimate of drug-likeness (QED) is 0.570. The van der Waals surface area contributed by atoms with Crippen LogP contribution >= 0.6 is 22.6 Å². The van der Waals surface area contributed by atoms with Crippen molar-refractivity contribution in [2.24, 2.45) is 0 Å². The maximum absolute atomic E-state index is 9.15. The Kier molecular flexibility index (Phi) is 5.83. The molecule has 0 aliphatic rings. The van der Waals surface area contributed by atoms with E-state index in [0.717, 1.165) is 12.8 Å². The minimum Gasteiger partial charge on any atom is -0.395 e. The van der Waals surface area contributed by atoms with E-state index in [2.05, 4.69) is 22.6 Å². The Morgan fingerprint density at radius 3 is 2.44 bits per heavy atom. The zero-order valence-electron chi connectivity index (χ0n) is 5.55. The molecule has 0 aromatic rings. The lowest BCUT2D eigenvalue weighted by Crippen LogP contribution is -2.22. The molecular weight excluding hydrogens is 231 g/mol. The first-order valence-electron chi connectivity index (χ1n) is 3.15. The maximum atomic E-state index is 9.15. The van der Waals surface area contributed by atoms with Crippen molar-refractivity contribution in [2.75, 3.05) is 6.61 Å². The SMILES string of the molecule is CCCC(O)C(I)CO. The highest BCUT2D eigenvalue weighted by Crippen LogP contribution is 2.09. The third kappa shape index (κ3) is 4.11. The summed E-state index contributed by atoms with van der Waals surface area (Å²) in [5, 5.41) is 17.7. The highest BCUT2D eigenvalue weighted by Gasteiger charge is 2.12. The van der Waals surface area contributed by atoms with Gasteiger partial charge in [0.2, 0.25) is 0 Å². The van der Waals surface area contributed by atoms with Crippen LogP contribution in [0.2, 0.25) is 0 Å². The lowest BCUT2D eigenvalue weighted by Gasteiger charge is -2.12. The first-order chi connectivity index (χ1) is 4.22. The molecule has 0 amide bonds. The van der Waals surface area contributed by atoms with Gasteiger partial charge in [-0.25, -0.2) is 0 Å². The molecule has 56 valence electrons. The van der Waals surface area contributed by atoms with E-state index in [4.69, 9.17) is 10.2 Å². The van der Waals surface area contributed by atoms with Gasteiger partial charge in [0, 0.05) is 0 Å². The van der Waals surface area contributed by atoms with Crippen LogP contribution in [0.25, 0.3) is 0 Å². The lowest BCUT2D eigenvalue weighted by atomic mass is 10.1. The van der Waals surface area contributed by atoms with E-state index in [1.165, 1.54) is 0 Å². The topological polar surface area (TPSA) is 40.5 Å². The predicted octanol–water partition coefficient (Wildman–Crippen LogP) is 0.943. The second kappa shape index (κ2) is 5.44. The maximum Gasteiger partial charge on any atom is 0.0679 e. The minimum atomic E-state index is -0.333. The van der Waals surface area contributed by atoms with Gasteiger partial charge < -0.3 is 10.2 Å². The van der Waals surface area contributed by atoms with E-state index in [1.54, 1.807) is 0 Å². The number of aliphatic hydroxyl groups is 2. The number of halogens is 1. The Hall–Kier alpha value is 0.650. The van der Waals surface area contributed by atoms with Gasteiger partial charge >= 0.3 is 0 Å². The lowest BCUT2D eigenvalue weighted by molar-refractivity contribution is 0.137. The van der Waals surface area contributed by atoms with Crippen LogP contribution in [0.4, 0.5) is 0 Å². The van der Waals surface area contributed by atoms with E-state index in [0.29, 0.717) is 0 Å². The van der Waals surface area contributed by atoms with Gasteiger partial charge in [0.05, 0.1) is 16.6 Å². The second-order valence-electron chi connectivity index (χ2n) is 2.05. The first-order valence-corrected chi connectivity index (χ1v) is 4.40. The van der Waals surface area contributed by atoms with E-state index in [-0.39, 0.29) is 16.6 Å². The number of aliphatic hydroxyl groups excluding tert-OH is 2. The van der Waals surface area contributed by atoms with Crippen LogP contribution in [0, 0.1) is 0 Å². The Morgan fingerprint density at radius 1 is 1.56 bits per heavy atom. The molecule has 0 aliphatic heterocycles. The van der Waals surface area contributed by atoms with E-state index >= 15 is 0 Å². The number of rotatable bonds is 4. The molecule has 0 aromatic carbocycles. The molecule has 0 spiro atoms. The monoisotopic (exact) mass is 244 g/mol. The molecule has 3 heteroatoms. The van der Waals surface area contributed by atoms with Crippen molar-refractivity contribution in [3.05, 3.63) is 0 Å². The highest BCUT2D eigenvalue weighted by atomic mass is 127. The molecule has 0 bridgehead atoms. The Balaban J connectivity index is 3.32. The molecule has 2 N–H and O–H groups in total. The summed E-state index contributed by atoms with van der Waals surface area (Å²) >= 11 is 2.05. The highest BCUT2D eigenvalue weighted by molar-refractivity contribution is 14.1. The normalized spacial score (nSPS) is 17.3. The number of hydrogen-bond donors (Lipinski definition) is 2. The van der Waals surface area contributed by atoms with Crippen LogP contribution in [0.1, 0.15) is 19.8 Å². The van der Waals surface area contributed by atoms with Crippen molar-refractivity contribution in [2.45, 2.75) is 29.8 Å². The third-order valence-corrected chi connectivity index (χ3v) is 2.40. The average molecular weight is 244 g/mol. The van der Waals surface area contributed by atoms with Crippen molar-refractivity contribution in [3.8, 4) is 0 Å². The van der Waals surface area contributed by atoms with Crippen molar-refractivity contribution >= 4 is 22.6 Å².